The molecule has 3 nitrogen and oxygen atoms in total. The number of aliphatic hydroxyl groups is 1. The second-order valence-corrected chi connectivity index (χ2v) is 5.38. The van der Waals surface area contributed by atoms with Crippen LogP contribution in [0.15, 0.2) is 18.2 Å². The average molecular weight is 251 g/mol. The van der Waals surface area contributed by atoms with Crippen molar-refractivity contribution in [3.05, 3.63) is 29.3 Å². The molecule has 0 saturated carbocycles. The maximum Gasteiger partial charge on any atom is 0.124 e. The van der Waals surface area contributed by atoms with Crippen molar-refractivity contribution in [2.45, 2.75) is 45.8 Å². The number of ether oxygens (including phenoxy) is 1. The van der Waals surface area contributed by atoms with Gasteiger partial charge in [0.25, 0.3) is 0 Å². The number of aryl methyl sites for hydroxylation is 1. The van der Waals surface area contributed by atoms with E-state index >= 15 is 0 Å². The zero-order chi connectivity index (χ0) is 13.8. The molecule has 0 saturated heterocycles. The van der Waals surface area contributed by atoms with Gasteiger partial charge < -0.3 is 15.2 Å². The molecule has 0 amide bonds. The number of nitrogens with one attached hydrogen (secondary N) is 1. The summed E-state index contributed by atoms with van der Waals surface area (Å²) in [6, 6.07) is 5.86. The minimum Gasteiger partial charge on any atom is -0.496 e. The van der Waals surface area contributed by atoms with Crippen LogP contribution in [-0.4, -0.2) is 24.3 Å². The molecule has 0 aliphatic rings. The topological polar surface area (TPSA) is 41.5 Å². The van der Waals surface area contributed by atoms with Gasteiger partial charge in [0, 0.05) is 17.6 Å². The summed E-state index contributed by atoms with van der Waals surface area (Å²) in [5, 5.41) is 13.6. The summed E-state index contributed by atoms with van der Waals surface area (Å²) in [5.74, 6) is 0.740. The average Bonchev–Trinajstić information content (AvgIpc) is 2.36. The third-order valence-electron chi connectivity index (χ3n) is 3.40. The van der Waals surface area contributed by atoms with Gasteiger partial charge in [-0.2, -0.15) is 0 Å². The van der Waals surface area contributed by atoms with Gasteiger partial charge in [0.2, 0.25) is 0 Å². The van der Waals surface area contributed by atoms with Gasteiger partial charge >= 0.3 is 0 Å². The summed E-state index contributed by atoms with van der Waals surface area (Å²) in [6.07, 6.45) is 0.468. The first-order chi connectivity index (χ1) is 8.39. The number of aliphatic hydroxyl groups excluding tert-OH is 1. The van der Waals surface area contributed by atoms with Gasteiger partial charge in [0.05, 0.1) is 13.2 Å². The van der Waals surface area contributed by atoms with Crippen molar-refractivity contribution in [1.82, 2.24) is 5.32 Å². The molecule has 1 aromatic rings. The van der Waals surface area contributed by atoms with Crippen molar-refractivity contribution in [1.29, 1.82) is 0 Å². The highest BCUT2D eigenvalue weighted by Crippen LogP contribution is 2.26. The molecule has 18 heavy (non-hydrogen) atoms. The number of rotatable bonds is 6. The first-order valence-corrected chi connectivity index (χ1v) is 6.47. The molecule has 0 radical (unpaired) electrons. The maximum absolute atomic E-state index is 10.3. The zero-order valence-electron chi connectivity index (χ0n) is 12.1. The lowest BCUT2D eigenvalue weighted by atomic mass is 10.00. The summed E-state index contributed by atoms with van der Waals surface area (Å²) in [7, 11) is 1.63. The highest BCUT2D eigenvalue weighted by Gasteiger charge is 2.18. The first kappa shape index (κ1) is 15.0. The fourth-order valence-electron chi connectivity index (χ4n) is 1.72. The molecule has 0 aliphatic carbocycles. The predicted octanol–water partition coefficient (Wildman–Crippen LogP) is 2.82. The van der Waals surface area contributed by atoms with Crippen LogP contribution < -0.4 is 10.1 Å². The van der Waals surface area contributed by atoms with E-state index in [-0.39, 0.29) is 5.54 Å². The molecule has 0 bridgehead atoms. The Hall–Kier alpha value is -1.06. The Balaban J connectivity index is 2.77. The van der Waals surface area contributed by atoms with Crippen LogP contribution in [0, 0.1) is 6.92 Å². The maximum atomic E-state index is 10.3. The van der Waals surface area contributed by atoms with E-state index in [9.17, 15) is 5.11 Å². The van der Waals surface area contributed by atoms with Crippen molar-refractivity contribution in [2.24, 2.45) is 0 Å². The van der Waals surface area contributed by atoms with Crippen molar-refractivity contribution >= 4 is 0 Å². The van der Waals surface area contributed by atoms with E-state index < -0.39 is 6.10 Å². The third kappa shape index (κ3) is 4.00. The lowest BCUT2D eigenvalue weighted by Crippen LogP contribution is -2.40. The number of β-amino-alcohol motifs (C(OH)–C–C–N with tert-alkyl or cyclic N) is 1. The standard InChI is InChI=1S/C15H25NO2/c1-6-15(3,4)16-10-13(17)12-9-11(2)7-8-14(12)18-5/h7-9,13,16-17H,6,10H2,1-5H3. The van der Waals surface area contributed by atoms with Crippen LogP contribution in [0.4, 0.5) is 0 Å². The van der Waals surface area contributed by atoms with Gasteiger partial charge in [-0.3, -0.25) is 0 Å². The summed E-state index contributed by atoms with van der Waals surface area (Å²) >= 11 is 0. The second-order valence-electron chi connectivity index (χ2n) is 5.38. The molecule has 0 aromatic heterocycles. The fraction of sp³-hybridized carbons (Fsp3) is 0.600. The van der Waals surface area contributed by atoms with Crippen molar-refractivity contribution < 1.29 is 9.84 Å². The highest BCUT2D eigenvalue weighted by molar-refractivity contribution is 5.38. The Morgan fingerprint density at radius 1 is 1.39 bits per heavy atom. The van der Waals surface area contributed by atoms with Gasteiger partial charge in [-0.1, -0.05) is 18.6 Å². The lowest BCUT2D eigenvalue weighted by Gasteiger charge is -2.27. The van der Waals surface area contributed by atoms with Crippen LogP contribution >= 0.6 is 0 Å². The Bertz CT molecular complexity index is 388. The van der Waals surface area contributed by atoms with Gasteiger partial charge in [-0.05, 0) is 39.3 Å². The molecule has 0 aliphatic heterocycles. The second kappa shape index (κ2) is 6.21. The zero-order valence-corrected chi connectivity index (χ0v) is 12.1. The predicted molar refractivity (Wildman–Crippen MR) is 75.1 cm³/mol. The molecule has 1 unspecified atom stereocenters. The largest absolute Gasteiger partial charge is 0.496 e. The summed E-state index contributed by atoms with van der Waals surface area (Å²) < 4.78 is 5.29. The van der Waals surface area contributed by atoms with Crippen molar-refractivity contribution in [3.8, 4) is 5.75 Å². The van der Waals surface area contributed by atoms with Crippen LogP contribution in [0.5, 0.6) is 5.75 Å². The van der Waals surface area contributed by atoms with E-state index in [1.165, 1.54) is 0 Å². The van der Waals surface area contributed by atoms with Crippen LogP contribution in [0.3, 0.4) is 0 Å². The van der Waals surface area contributed by atoms with Gasteiger partial charge in [-0.15, -0.1) is 0 Å². The first-order valence-electron chi connectivity index (χ1n) is 6.47. The molecule has 1 rings (SSSR count). The van der Waals surface area contributed by atoms with Gasteiger partial charge in [0.1, 0.15) is 5.75 Å². The van der Waals surface area contributed by atoms with Crippen LogP contribution in [0.1, 0.15) is 44.4 Å². The van der Waals surface area contributed by atoms with Gasteiger partial charge in [-0.25, -0.2) is 0 Å². The minimum absolute atomic E-state index is 0.0397. The van der Waals surface area contributed by atoms with Crippen LogP contribution in [-0.2, 0) is 0 Å². The van der Waals surface area contributed by atoms with Crippen LogP contribution in [0.25, 0.3) is 0 Å². The Kier molecular flexibility index (Phi) is 5.17. The molecule has 0 fully saturated rings. The molecule has 0 heterocycles. The van der Waals surface area contributed by atoms with Gasteiger partial charge in [0.15, 0.2) is 0 Å². The molecule has 1 atom stereocenters. The molecular formula is C15H25NO2. The molecule has 102 valence electrons. The van der Waals surface area contributed by atoms with E-state index in [0.29, 0.717) is 6.54 Å². The van der Waals surface area contributed by atoms with E-state index in [0.717, 1.165) is 23.3 Å². The normalized spacial score (nSPS) is 13.4. The molecule has 2 N–H and O–H groups in total. The highest BCUT2D eigenvalue weighted by atomic mass is 16.5. The summed E-state index contributed by atoms with van der Waals surface area (Å²) in [4.78, 5) is 0. The molecule has 1 aromatic carbocycles. The van der Waals surface area contributed by atoms with E-state index in [1.807, 2.05) is 25.1 Å². The summed E-state index contributed by atoms with van der Waals surface area (Å²) in [6.45, 7) is 8.94. The number of hydrogen-bond donors (Lipinski definition) is 2. The lowest BCUT2D eigenvalue weighted by molar-refractivity contribution is 0.156. The van der Waals surface area contributed by atoms with E-state index in [4.69, 9.17) is 4.74 Å². The van der Waals surface area contributed by atoms with E-state index in [1.54, 1.807) is 7.11 Å². The Labute approximate surface area is 110 Å². The third-order valence-corrected chi connectivity index (χ3v) is 3.40. The number of benzene rings is 1. The molecular weight excluding hydrogens is 226 g/mol. The number of methoxy groups -OCH3 is 1. The smallest absolute Gasteiger partial charge is 0.124 e. The van der Waals surface area contributed by atoms with E-state index in [2.05, 4.69) is 26.1 Å². The summed E-state index contributed by atoms with van der Waals surface area (Å²) in [5.41, 5.74) is 2.01. The quantitative estimate of drug-likeness (QED) is 0.817. The van der Waals surface area contributed by atoms with Crippen molar-refractivity contribution in [3.63, 3.8) is 0 Å². The fourth-order valence-corrected chi connectivity index (χ4v) is 1.72. The van der Waals surface area contributed by atoms with Crippen LogP contribution in [0.2, 0.25) is 0 Å². The van der Waals surface area contributed by atoms with Crippen molar-refractivity contribution in [2.75, 3.05) is 13.7 Å². The Morgan fingerprint density at radius 2 is 2.06 bits per heavy atom. The monoisotopic (exact) mass is 251 g/mol. The molecule has 3 heteroatoms. The number of hydrogen-bond acceptors (Lipinski definition) is 3. The SMILES string of the molecule is CCC(C)(C)NCC(O)c1cc(C)ccc1OC. The Morgan fingerprint density at radius 3 is 2.61 bits per heavy atom. The minimum atomic E-state index is -0.550. The molecule has 0 spiro atoms.